The lowest BCUT2D eigenvalue weighted by atomic mass is 9.97. The van der Waals surface area contributed by atoms with Gasteiger partial charge in [-0.2, -0.15) is 0 Å². The van der Waals surface area contributed by atoms with Crippen LogP contribution in [0.4, 0.5) is 9.52 Å². The molecule has 1 saturated heterocycles. The Morgan fingerprint density at radius 1 is 1.55 bits per heavy atom. The molecule has 1 fully saturated rings. The van der Waals surface area contributed by atoms with E-state index in [0.29, 0.717) is 6.54 Å². The normalized spacial score (nSPS) is 18.7. The van der Waals surface area contributed by atoms with E-state index >= 15 is 0 Å². The number of thiazole rings is 1. The predicted molar refractivity (Wildman–Crippen MR) is 84.3 cm³/mol. The zero-order chi connectivity index (χ0) is 15.7. The van der Waals surface area contributed by atoms with Crippen molar-refractivity contribution in [2.75, 3.05) is 32.1 Å². The third-order valence-corrected chi connectivity index (χ3v) is 5.04. The van der Waals surface area contributed by atoms with Gasteiger partial charge in [-0.15, -0.1) is 0 Å². The molecule has 0 saturated carbocycles. The molecule has 0 radical (unpaired) electrons. The Labute approximate surface area is 132 Å². The van der Waals surface area contributed by atoms with Crippen molar-refractivity contribution in [3.05, 3.63) is 24.0 Å². The summed E-state index contributed by atoms with van der Waals surface area (Å²) in [5, 5.41) is 2.13. The van der Waals surface area contributed by atoms with E-state index in [1.54, 1.807) is 13.1 Å². The van der Waals surface area contributed by atoms with Gasteiger partial charge < -0.3 is 4.90 Å². The van der Waals surface area contributed by atoms with Gasteiger partial charge in [0.1, 0.15) is 5.82 Å². The molecular formula is C15H18FN3O2S. The molecule has 1 amide bonds. The van der Waals surface area contributed by atoms with Crippen LogP contribution >= 0.6 is 11.3 Å². The first-order chi connectivity index (χ1) is 10.6. The van der Waals surface area contributed by atoms with Gasteiger partial charge in [-0.3, -0.25) is 9.63 Å². The van der Waals surface area contributed by atoms with E-state index in [1.165, 1.54) is 35.6 Å². The van der Waals surface area contributed by atoms with E-state index in [-0.39, 0.29) is 17.6 Å². The van der Waals surface area contributed by atoms with Crippen LogP contribution in [-0.2, 0) is 9.63 Å². The molecule has 1 aromatic heterocycles. The number of aromatic nitrogens is 1. The minimum absolute atomic E-state index is 0.0145. The number of fused-ring (bicyclic) bond motifs is 1. The Morgan fingerprint density at radius 3 is 3.14 bits per heavy atom. The van der Waals surface area contributed by atoms with Gasteiger partial charge in [0.15, 0.2) is 5.13 Å². The van der Waals surface area contributed by atoms with Crippen LogP contribution in [0.3, 0.4) is 0 Å². The van der Waals surface area contributed by atoms with Gasteiger partial charge in [-0.1, -0.05) is 11.3 Å². The first-order valence-corrected chi connectivity index (χ1v) is 8.03. The molecule has 1 aliphatic rings. The van der Waals surface area contributed by atoms with Gasteiger partial charge in [-0.05, 0) is 31.0 Å². The molecule has 3 rings (SSSR count). The summed E-state index contributed by atoms with van der Waals surface area (Å²) in [5.41, 5.74) is 0.795. The lowest BCUT2D eigenvalue weighted by Crippen LogP contribution is -2.43. The van der Waals surface area contributed by atoms with Crippen molar-refractivity contribution in [2.24, 2.45) is 5.92 Å². The Morgan fingerprint density at radius 2 is 2.36 bits per heavy atom. The lowest BCUT2D eigenvalue weighted by Gasteiger charge is -2.33. The van der Waals surface area contributed by atoms with Gasteiger partial charge in [0.2, 0.25) is 0 Å². The zero-order valence-electron chi connectivity index (χ0n) is 12.6. The highest BCUT2D eigenvalue weighted by atomic mass is 32.1. The highest BCUT2D eigenvalue weighted by Crippen LogP contribution is 2.32. The second-order valence-corrected chi connectivity index (χ2v) is 6.42. The Bertz CT molecular complexity index is 690. The largest absolute Gasteiger partial charge is 0.347 e. The number of hydrogen-bond donors (Lipinski definition) is 0. The molecule has 1 atom stereocenters. The van der Waals surface area contributed by atoms with E-state index in [4.69, 9.17) is 4.84 Å². The Hall–Kier alpha value is -1.73. The van der Waals surface area contributed by atoms with Crippen molar-refractivity contribution in [3.8, 4) is 0 Å². The summed E-state index contributed by atoms with van der Waals surface area (Å²) in [5.74, 6) is -0.363. The quantitative estimate of drug-likeness (QED) is 0.815. The smallest absolute Gasteiger partial charge is 0.250 e. The summed E-state index contributed by atoms with van der Waals surface area (Å²) >= 11 is 1.46. The number of hydrogen-bond acceptors (Lipinski definition) is 5. The number of amides is 1. The van der Waals surface area contributed by atoms with E-state index in [0.717, 1.165) is 34.7 Å². The summed E-state index contributed by atoms with van der Waals surface area (Å²) in [7, 11) is 3.11. The zero-order valence-corrected chi connectivity index (χ0v) is 13.4. The number of anilines is 1. The molecule has 0 spiro atoms. The number of nitrogens with zero attached hydrogens (tertiary/aromatic N) is 3. The summed E-state index contributed by atoms with van der Waals surface area (Å²) in [6, 6.07) is 4.61. The van der Waals surface area contributed by atoms with Crippen molar-refractivity contribution < 1.29 is 14.0 Å². The minimum atomic E-state index is -0.254. The monoisotopic (exact) mass is 323 g/mol. The van der Waals surface area contributed by atoms with Crippen molar-refractivity contribution in [2.45, 2.75) is 12.8 Å². The third kappa shape index (κ3) is 2.91. The average Bonchev–Trinajstić information content (AvgIpc) is 2.96. The fraction of sp³-hybridized carbons (Fsp3) is 0.467. The minimum Gasteiger partial charge on any atom is -0.347 e. The highest BCUT2D eigenvalue weighted by molar-refractivity contribution is 7.22. The molecule has 0 N–H and O–H groups in total. The van der Waals surface area contributed by atoms with E-state index in [9.17, 15) is 9.18 Å². The van der Waals surface area contributed by atoms with Crippen LogP contribution < -0.4 is 4.90 Å². The van der Waals surface area contributed by atoms with E-state index in [1.807, 2.05) is 0 Å². The highest BCUT2D eigenvalue weighted by Gasteiger charge is 2.29. The van der Waals surface area contributed by atoms with Crippen LogP contribution in [0, 0.1) is 11.7 Å². The van der Waals surface area contributed by atoms with Crippen molar-refractivity contribution in [1.29, 1.82) is 0 Å². The first-order valence-electron chi connectivity index (χ1n) is 7.21. The van der Waals surface area contributed by atoms with Crippen LogP contribution in [0.15, 0.2) is 18.2 Å². The van der Waals surface area contributed by atoms with Crippen molar-refractivity contribution in [1.82, 2.24) is 10.0 Å². The second-order valence-electron chi connectivity index (χ2n) is 5.41. The Kier molecular flexibility index (Phi) is 4.26. The molecular weight excluding hydrogens is 305 g/mol. The molecule has 0 bridgehead atoms. The number of carbonyl (C=O) groups excluding carboxylic acids is 1. The Balaban J connectivity index is 1.79. The topological polar surface area (TPSA) is 45.7 Å². The summed E-state index contributed by atoms with van der Waals surface area (Å²) in [6.07, 6.45) is 1.78. The predicted octanol–water partition coefficient (Wildman–Crippen LogP) is 2.67. The van der Waals surface area contributed by atoms with Gasteiger partial charge in [0.05, 0.1) is 23.2 Å². The summed E-state index contributed by atoms with van der Waals surface area (Å²) < 4.78 is 14.1. The first kappa shape index (κ1) is 15.2. The molecule has 1 aliphatic heterocycles. The summed E-state index contributed by atoms with van der Waals surface area (Å²) in [6.45, 7) is 1.48. The maximum Gasteiger partial charge on any atom is 0.250 e. The van der Waals surface area contributed by atoms with Crippen LogP contribution in [0.1, 0.15) is 12.8 Å². The molecule has 1 unspecified atom stereocenters. The van der Waals surface area contributed by atoms with E-state index < -0.39 is 0 Å². The van der Waals surface area contributed by atoms with Crippen LogP contribution in [0.2, 0.25) is 0 Å². The number of piperidine rings is 1. The van der Waals surface area contributed by atoms with Crippen LogP contribution in [-0.4, -0.2) is 43.2 Å². The van der Waals surface area contributed by atoms with Crippen LogP contribution in [0.25, 0.3) is 10.2 Å². The number of benzene rings is 1. The van der Waals surface area contributed by atoms with Gasteiger partial charge in [0, 0.05) is 20.1 Å². The van der Waals surface area contributed by atoms with Gasteiger partial charge in [0.25, 0.3) is 5.91 Å². The maximum atomic E-state index is 13.3. The average molecular weight is 323 g/mol. The maximum absolute atomic E-state index is 13.3. The van der Waals surface area contributed by atoms with Crippen LogP contribution in [0.5, 0.6) is 0 Å². The molecule has 2 aromatic rings. The molecule has 7 heteroatoms. The molecule has 0 aliphatic carbocycles. The van der Waals surface area contributed by atoms with Crippen molar-refractivity contribution in [3.63, 3.8) is 0 Å². The van der Waals surface area contributed by atoms with E-state index in [2.05, 4.69) is 9.88 Å². The number of carbonyl (C=O) groups is 1. The van der Waals surface area contributed by atoms with Gasteiger partial charge in [-0.25, -0.2) is 14.4 Å². The molecule has 1 aromatic carbocycles. The van der Waals surface area contributed by atoms with Crippen molar-refractivity contribution >= 4 is 32.6 Å². The second kappa shape index (κ2) is 6.18. The molecule has 22 heavy (non-hydrogen) atoms. The summed E-state index contributed by atoms with van der Waals surface area (Å²) in [4.78, 5) is 23.9. The molecule has 2 heterocycles. The standard InChI is InChI=1S/C15H18FN3O2S/c1-18(21-2)14(20)10-4-3-7-19(9-10)15-17-12-6-5-11(16)8-13(12)22-15/h5-6,8,10H,3-4,7,9H2,1-2H3. The number of rotatable bonds is 3. The molecule has 118 valence electrons. The number of halogens is 1. The van der Waals surface area contributed by atoms with Gasteiger partial charge >= 0.3 is 0 Å². The third-order valence-electron chi connectivity index (χ3n) is 3.96. The fourth-order valence-corrected chi connectivity index (χ4v) is 3.75. The lowest BCUT2D eigenvalue weighted by molar-refractivity contribution is -0.173. The SMILES string of the molecule is CON(C)C(=O)C1CCCN(c2nc3ccc(F)cc3s2)C1. The fourth-order valence-electron chi connectivity index (χ4n) is 2.72. The molecule has 5 nitrogen and oxygen atoms in total. The number of hydroxylamine groups is 2.